The van der Waals surface area contributed by atoms with Gasteiger partial charge in [-0.25, -0.2) is 9.37 Å². The van der Waals surface area contributed by atoms with E-state index in [0.717, 1.165) is 31.0 Å². The SMILES string of the molecule is Cc1cc2cc(C(=O)NC[C@](O)(c3cc4c(c(-c5ccc(F)c(Cl)c5)n3)OC[C@]4(C)C(N)=O)C(F)(F)F)cc(OC3CC3)c2nn1. The van der Waals surface area contributed by atoms with Gasteiger partial charge in [0, 0.05) is 22.1 Å². The van der Waals surface area contributed by atoms with E-state index in [1.165, 1.54) is 25.1 Å². The lowest BCUT2D eigenvalue weighted by Crippen LogP contribution is -2.51. The van der Waals surface area contributed by atoms with Gasteiger partial charge in [0.05, 0.1) is 29.1 Å². The van der Waals surface area contributed by atoms with Crippen LogP contribution in [0, 0.1) is 12.7 Å². The monoisotopic (exact) mass is 659 g/mol. The van der Waals surface area contributed by atoms with E-state index in [1.54, 1.807) is 13.0 Å². The lowest BCUT2D eigenvalue weighted by Gasteiger charge is -2.31. The molecular formula is C31H26ClF4N5O5. The second-order valence-corrected chi connectivity index (χ2v) is 12.0. The Hall–Kier alpha value is -4.56. The molecule has 2 aromatic heterocycles. The Morgan fingerprint density at radius 1 is 1.17 bits per heavy atom. The van der Waals surface area contributed by atoms with Crippen LogP contribution in [0.5, 0.6) is 11.5 Å². The van der Waals surface area contributed by atoms with Crippen molar-refractivity contribution in [1.82, 2.24) is 20.5 Å². The number of nitrogens with one attached hydrogen (secondary N) is 1. The van der Waals surface area contributed by atoms with E-state index in [2.05, 4.69) is 20.5 Å². The fourth-order valence-electron chi connectivity index (χ4n) is 5.10. The molecule has 0 saturated heterocycles. The van der Waals surface area contributed by atoms with E-state index in [-0.39, 0.29) is 51.6 Å². The predicted molar refractivity (Wildman–Crippen MR) is 157 cm³/mol. The summed E-state index contributed by atoms with van der Waals surface area (Å²) in [5, 5.41) is 21.8. The number of halogens is 5. The molecular weight excluding hydrogens is 634 g/mol. The Bertz CT molecular complexity index is 1920. The number of rotatable bonds is 8. The maximum absolute atomic E-state index is 14.8. The molecule has 0 spiro atoms. The van der Waals surface area contributed by atoms with Gasteiger partial charge < -0.3 is 25.6 Å². The quantitative estimate of drug-likeness (QED) is 0.232. The molecule has 10 nitrogen and oxygen atoms in total. The van der Waals surface area contributed by atoms with Gasteiger partial charge in [-0.1, -0.05) is 11.6 Å². The van der Waals surface area contributed by atoms with E-state index >= 15 is 0 Å². The van der Waals surface area contributed by atoms with Crippen LogP contribution in [0.4, 0.5) is 17.6 Å². The highest BCUT2D eigenvalue weighted by Crippen LogP contribution is 2.48. The molecule has 0 unspecified atom stereocenters. The molecule has 1 aliphatic carbocycles. The number of carbonyl (C=O) groups excluding carboxylic acids is 2. The van der Waals surface area contributed by atoms with Gasteiger partial charge in [-0.05, 0) is 69.2 Å². The summed E-state index contributed by atoms with van der Waals surface area (Å²) < 4.78 is 69.9. The summed E-state index contributed by atoms with van der Waals surface area (Å²) in [5.41, 5.74) is -0.130. The topological polar surface area (TPSA) is 150 Å². The number of primary amides is 1. The molecule has 2 aromatic carbocycles. The number of alkyl halides is 3. The van der Waals surface area contributed by atoms with Crippen molar-refractivity contribution in [3.63, 3.8) is 0 Å². The average Bonchev–Trinajstić information content (AvgIpc) is 3.75. The van der Waals surface area contributed by atoms with Gasteiger partial charge in [0.25, 0.3) is 5.91 Å². The van der Waals surface area contributed by atoms with Gasteiger partial charge in [0.1, 0.15) is 40.5 Å². The van der Waals surface area contributed by atoms with Crippen LogP contribution in [0.2, 0.25) is 5.02 Å². The van der Waals surface area contributed by atoms with Crippen molar-refractivity contribution in [2.75, 3.05) is 13.2 Å². The zero-order valence-corrected chi connectivity index (χ0v) is 25.1. The highest BCUT2D eigenvalue weighted by Gasteiger charge is 2.57. The number of nitrogens with zero attached hydrogens (tertiary/aromatic N) is 3. The van der Waals surface area contributed by atoms with Crippen LogP contribution >= 0.6 is 11.6 Å². The number of aromatic nitrogens is 3. The largest absolute Gasteiger partial charge is 0.489 e. The molecule has 0 bridgehead atoms. The smallest absolute Gasteiger partial charge is 0.424 e. The average molecular weight is 660 g/mol. The third-order valence-corrected chi connectivity index (χ3v) is 8.35. The summed E-state index contributed by atoms with van der Waals surface area (Å²) in [6.07, 6.45) is -3.87. The molecule has 1 fully saturated rings. The van der Waals surface area contributed by atoms with Crippen molar-refractivity contribution in [3.05, 3.63) is 75.8 Å². The van der Waals surface area contributed by atoms with Gasteiger partial charge >= 0.3 is 6.18 Å². The lowest BCUT2D eigenvalue weighted by molar-refractivity contribution is -0.265. The first-order valence-electron chi connectivity index (χ1n) is 14.1. The molecule has 2 amide bonds. The Morgan fingerprint density at radius 3 is 2.57 bits per heavy atom. The fraction of sp³-hybridized carbons (Fsp3) is 0.323. The van der Waals surface area contributed by atoms with Crippen LogP contribution in [0.1, 0.15) is 47.1 Å². The standard InChI is InChI=1S/C31H26ClF4N5O5/c1-14-7-16-8-17(10-22(24(16)41-40-14)46-18-4-5-18)27(42)38-12-30(44,31(34,35)36)23-11-19-26(45-13-29(19,2)28(37)43)25(39-23)15-3-6-21(33)20(32)9-15/h3,6-11,18,44H,4-5,12-13H2,1-2H3,(H2,37,43)(H,38,42)/t29-,30-/m0/s1. The van der Waals surface area contributed by atoms with Crippen molar-refractivity contribution < 1.29 is 41.7 Å². The number of carbonyl (C=O) groups is 2. The van der Waals surface area contributed by atoms with E-state index in [9.17, 15) is 32.3 Å². The molecule has 1 saturated carbocycles. The number of benzene rings is 2. The number of pyridine rings is 1. The van der Waals surface area contributed by atoms with Gasteiger partial charge in [0.2, 0.25) is 11.5 Å². The Balaban J connectivity index is 1.42. The summed E-state index contributed by atoms with van der Waals surface area (Å²) in [4.78, 5) is 29.9. The number of amides is 2. The minimum Gasteiger partial charge on any atom is -0.489 e. The summed E-state index contributed by atoms with van der Waals surface area (Å²) >= 11 is 5.94. The van der Waals surface area contributed by atoms with Gasteiger partial charge in [-0.15, -0.1) is 5.10 Å². The van der Waals surface area contributed by atoms with E-state index in [4.69, 9.17) is 26.8 Å². The van der Waals surface area contributed by atoms with Crippen LogP contribution < -0.4 is 20.5 Å². The van der Waals surface area contributed by atoms with Crippen molar-refractivity contribution in [1.29, 1.82) is 0 Å². The number of nitrogens with two attached hydrogens (primary N) is 1. The number of aliphatic hydroxyl groups is 1. The highest BCUT2D eigenvalue weighted by molar-refractivity contribution is 6.31. The number of fused-ring (bicyclic) bond motifs is 2. The third kappa shape index (κ3) is 5.45. The zero-order chi connectivity index (χ0) is 33.2. The molecule has 4 N–H and O–H groups in total. The number of hydrogen-bond donors (Lipinski definition) is 3. The normalized spacial score (nSPS) is 18.9. The van der Waals surface area contributed by atoms with Crippen LogP contribution in [0.25, 0.3) is 22.2 Å². The molecule has 0 radical (unpaired) electrons. The summed E-state index contributed by atoms with van der Waals surface area (Å²) in [6, 6.07) is 8.62. The van der Waals surface area contributed by atoms with Crippen LogP contribution in [0.15, 0.2) is 42.5 Å². The summed E-state index contributed by atoms with van der Waals surface area (Å²) in [7, 11) is 0. The Morgan fingerprint density at radius 2 is 1.91 bits per heavy atom. The summed E-state index contributed by atoms with van der Waals surface area (Å²) in [5.74, 6) is -2.49. The minimum atomic E-state index is -5.39. The zero-order valence-electron chi connectivity index (χ0n) is 24.3. The molecule has 6 rings (SSSR count). The van der Waals surface area contributed by atoms with Gasteiger partial charge in [0.15, 0.2) is 0 Å². The minimum absolute atomic E-state index is 0.0432. The first kappa shape index (κ1) is 31.4. The molecule has 240 valence electrons. The van der Waals surface area contributed by atoms with Gasteiger partial charge in [-0.2, -0.15) is 18.3 Å². The van der Waals surface area contributed by atoms with Crippen LogP contribution in [0.3, 0.4) is 0 Å². The Labute approximate surface area is 263 Å². The second kappa shape index (κ2) is 11.1. The maximum atomic E-state index is 14.8. The summed E-state index contributed by atoms with van der Waals surface area (Å²) in [6.45, 7) is 1.36. The van der Waals surface area contributed by atoms with Gasteiger partial charge in [-0.3, -0.25) is 9.59 Å². The lowest BCUT2D eigenvalue weighted by atomic mass is 9.81. The molecule has 46 heavy (non-hydrogen) atoms. The molecule has 4 aromatic rings. The molecule has 1 aliphatic heterocycles. The molecule has 2 aliphatic rings. The van der Waals surface area contributed by atoms with Crippen LogP contribution in [-0.4, -0.2) is 57.5 Å². The number of ether oxygens (including phenoxy) is 2. The first-order chi connectivity index (χ1) is 21.6. The Kier molecular flexibility index (Phi) is 7.55. The van der Waals surface area contributed by atoms with E-state index in [0.29, 0.717) is 16.6 Å². The first-order valence-corrected chi connectivity index (χ1v) is 14.4. The van der Waals surface area contributed by atoms with Crippen LogP contribution in [-0.2, 0) is 15.8 Å². The van der Waals surface area contributed by atoms with Crippen molar-refractivity contribution >= 4 is 34.3 Å². The number of hydrogen-bond acceptors (Lipinski definition) is 8. The van der Waals surface area contributed by atoms with Crippen molar-refractivity contribution in [2.45, 2.75) is 50.0 Å². The number of aryl methyl sites for hydroxylation is 1. The second-order valence-electron chi connectivity index (χ2n) is 11.6. The molecule has 3 heterocycles. The molecule has 2 atom stereocenters. The molecule has 15 heteroatoms. The van der Waals surface area contributed by atoms with E-state index in [1.807, 2.05) is 0 Å². The van der Waals surface area contributed by atoms with E-state index < -0.39 is 47.1 Å². The maximum Gasteiger partial charge on any atom is 0.424 e. The van der Waals surface area contributed by atoms with Crippen molar-refractivity contribution in [3.8, 4) is 22.8 Å². The third-order valence-electron chi connectivity index (χ3n) is 8.06. The predicted octanol–water partition coefficient (Wildman–Crippen LogP) is 4.65. The fourth-order valence-corrected chi connectivity index (χ4v) is 5.28. The highest BCUT2D eigenvalue weighted by atomic mass is 35.5. The van der Waals surface area contributed by atoms with Crippen molar-refractivity contribution in [2.24, 2.45) is 5.73 Å².